The molecule has 2 fully saturated rings. The van der Waals surface area contributed by atoms with Gasteiger partial charge in [-0.05, 0) is 56.3 Å². The number of amides is 1. The maximum atomic E-state index is 14.1. The zero-order valence-corrected chi connectivity index (χ0v) is 14.3. The minimum absolute atomic E-state index is 0. The summed E-state index contributed by atoms with van der Waals surface area (Å²) in [5.74, 6) is -0.281. The number of benzene rings is 1. The van der Waals surface area contributed by atoms with E-state index in [1.165, 1.54) is 32.1 Å². The van der Waals surface area contributed by atoms with E-state index in [-0.39, 0.29) is 23.9 Å². The van der Waals surface area contributed by atoms with Crippen LogP contribution in [0.2, 0.25) is 0 Å². The molecule has 23 heavy (non-hydrogen) atoms. The molecule has 4 nitrogen and oxygen atoms in total. The third kappa shape index (κ3) is 3.78. The molecule has 0 aliphatic carbocycles. The van der Waals surface area contributed by atoms with E-state index < -0.39 is 5.82 Å². The van der Waals surface area contributed by atoms with E-state index in [9.17, 15) is 9.18 Å². The van der Waals surface area contributed by atoms with Gasteiger partial charge in [-0.25, -0.2) is 4.39 Å². The number of methoxy groups -OCH3 is 1. The Morgan fingerprint density at radius 1 is 1.22 bits per heavy atom. The van der Waals surface area contributed by atoms with Gasteiger partial charge in [0.25, 0.3) is 5.91 Å². The zero-order valence-electron chi connectivity index (χ0n) is 13.4. The van der Waals surface area contributed by atoms with Crippen LogP contribution in [0.4, 0.5) is 4.39 Å². The van der Waals surface area contributed by atoms with Gasteiger partial charge in [-0.1, -0.05) is 0 Å². The second kappa shape index (κ2) is 7.49. The fourth-order valence-corrected chi connectivity index (χ4v) is 3.61. The largest absolute Gasteiger partial charge is 0.497 e. The van der Waals surface area contributed by atoms with Crippen molar-refractivity contribution in [1.82, 2.24) is 10.2 Å². The first-order chi connectivity index (χ1) is 10.6. The average Bonchev–Trinajstić information content (AvgIpc) is 2.55. The molecular formula is C17H24ClFN2O2. The number of carbonyl (C=O) groups excluding carboxylic acids is 1. The summed E-state index contributed by atoms with van der Waals surface area (Å²) >= 11 is 0. The predicted molar refractivity (Wildman–Crippen MR) is 89.9 cm³/mol. The lowest BCUT2D eigenvalue weighted by Crippen LogP contribution is -2.47. The first-order valence-electron chi connectivity index (χ1n) is 7.97. The van der Waals surface area contributed by atoms with Crippen LogP contribution in [0.25, 0.3) is 0 Å². The Labute approximate surface area is 142 Å². The highest BCUT2D eigenvalue weighted by Gasteiger charge is 2.37. The second-order valence-electron chi connectivity index (χ2n) is 6.39. The summed E-state index contributed by atoms with van der Waals surface area (Å²) in [6.07, 6.45) is 4.42. The number of rotatable bonds is 2. The van der Waals surface area contributed by atoms with Crippen LogP contribution in [0.1, 0.15) is 36.0 Å². The Bertz CT molecular complexity index is 552. The molecule has 0 aromatic heterocycles. The van der Waals surface area contributed by atoms with Crippen LogP contribution in [-0.4, -0.2) is 44.1 Å². The molecule has 0 unspecified atom stereocenters. The summed E-state index contributed by atoms with van der Waals surface area (Å²) in [4.78, 5) is 14.3. The molecular weight excluding hydrogens is 319 g/mol. The maximum Gasteiger partial charge on any atom is 0.256 e. The quantitative estimate of drug-likeness (QED) is 0.898. The van der Waals surface area contributed by atoms with Crippen molar-refractivity contribution in [3.63, 3.8) is 0 Å². The van der Waals surface area contributed by atoms with E-state index in [1.54, 1.807) is 11.0 Å². The van der Waals surface area contributed by atoms with Crippen LogP contribution < -0.4 is 10.1 Å². The van der Waals surface area contributed by atoms with Crippen molar-refractivity contribution in [3.05, 3.63) is 29.6 Å². The topological polar surface area (TPSA) is 41.6 Å². The van der Waals surface area contributed by atoms with Crippen molar-refractivity contribution < 1.29 is 13.9 Å². The molecule has 0 saturated carbocycles. The van der Waals surface area contributed by atoms with E-state index in [2.05, 4.69) is 5.32 Å². The number of ether oxygens (including phenoxy) is 1. The van der Waals surface area contributed by atoms with E-state index in [0.29, 0.717) is 11.2 Å². The van der Waals surface area contributed by atoms with E-state index in [0.717, 1.165) is 39.0 Å². The number of piperidine rings is 2. The highest BCUT2D eigenvalue weighted by Crippen LogP contribution is 2.39. The summed E-state index contributed by atoms with van der Waals surface area (Å²) in [5.41, 5.74) is 0.530. The molecule has 0 atom stereocenters. The standard InChI is InChI=1S/C17H23FN2O2.ClH/c1-22-13-2-3-14(15(18)12-13)16(21)20-10-6-17(7-11-20)4-8-19-9-5-17;/h2-3,12,19H,4-11H2,1H3;1H. The molecule has 1 aromatic rings. The van der Waals surface area contributed by atoms with Crippen LogP contribution in [0.15, 0.2) is 18.2 Å². The molecule has 1 N–H and O–H groups in total. The minimum Gasteiger partial charge on any atom is -0.497 e. The lowest BCUT2D eigenvalue weighted by molar-refractivity contribution is 0.0492. The third-order valence-corrected chi connectivity index (χ3v) is 5.18. The monoisotopic (exact) mass is 342 g/mol. The van der Waals surface area contributed by atoms with E-state index in [1.807, 2.05) is 0 Å². The van der Waals surface area contributed by atoms with Gasteiger partial charge < -0.3 is 15.0 Å². The smallest absolute Gasteiger partial charge is 0.256 e. The molecule has 1 spiro atoms. The predicted octanol–water partition coefficient (Wildman–Crippen LogP) is 2.86. The van der Waals surface area contributed by atoms with Crippen LogP contribution >= 0.6 is 12.4 Å². The number of carbonyl (C=O) groups is 1. The number of nitrogens with zero attached hydrogens (tertiary/aromatic N) is 1. The van der Waals surface area contributed by atoms with Gasteiger partial charge in [0.1, 0.15) is 11.6 Å². The fourth-order valence-electron chi connectivity index (χ4n) is 3.61. The normalized spacial score (nSPS) is 20.0. The molecule has 2 aliphatic rings. The molecule has 2 aliphatic heterocycles. The molecule has 2 heterocycles. The van der Waals surface area contributed by atoms with Gasteiger partial charge in [0.05, 0.1) is 12.7 Å². The van der Waals surface area contributed by atoms with Gasteiger partial charge in [0.15, 0.2) is 0 Å². The molecule has 1 aromatic carbocycles. The van der Waals surface area contributed by atoms with Crippen molar-refractivity contribution in [3.8, 4) is 5.75 Å². The van der Waals surface area contributed by atoms with E-state index >= 15 is 0 Å². The molecule has 1 amide bonds. The van der Waals surface area contributed by atoms with Crippen molar-refractivity contribution in [1.29, 1.82) is 0 Å². The van der Waals surface area contributed by atoms with Gasteiger partial charge in [-0.3, -0.25) is 4.79 Å². The number of likely N-dealkylation sites (tertiary alicyclic amines) is 1. The Balaban J connectivity index is 0.00000192. The lowest BCUT2D eigenvalue weighted by atomic mass is 9.71. The van der Waals surface area contributed by atoms with Crippen LogP contribution in [0, 0.1) is 11.2 Å². The van der Waals surface area contributed by atoms with Crippen molar-refractivity contribution in [2.45, 2.75) is 25.7 Å². The van der Waals surface area contributed by atoms with Crippen LogP contribution in [-0.2, 0) is 0 Å². The van der Waals surface area contributed by atoms with E-state index in [4.69, 9.17) is 4.74 Å². The summed E-state index contributed by atoms with van der Waals surface area (Å²) < 4.78 is 19.0. The summed E-state index contributed by atoms with van der Waals surface area (Å²) in [6.45, 7) is 3.59. The number of nitrogens with one attached hydrogen (secondary N) is 1. The summed E-state index contributed by atoms with van der Waals surface area (Å²) in [5, 5.41) is 3.39. The average molecular weight is 343 g/mol. The maximum absolute atomic E-state index is 14.1. The van der Waals surface area contributed by atoms with Gasteiger partial charge >= 0.3 is 0 Å². The highest BCUT2D eigenvalue weighted by molar-refractivity contribution is 5.94. The summed E-state index contributed by atoms with van der Waals surface area (Å²) in [6, 6.07) is 4.42. The van der Waals surface area contributed by atoms with Crippen LogP contribution in [0.5, 0.6) is 5.75 Å². The Kier molecular flexibility index (Phi) is 5.87. The lowest BCUT2D eigenvalue weighted by Gasteiger charge is -2.44. The Hall–Kier alpha value is -1.33. The first-order valence-corrected chi connectivity index (χ1v) is 7.97. The third-order valence-electron chi connectivity index (χ3n) is 5.18. The fraction of sp³-hybridized carbons (Fsp3) is 0.588. The van der Waals surface area contributed by atoms with Gasteiger partial charge in [0.2, 0.25) is 0 Å². The van der Waals surface area contributed by atoms with Gasteiger partial charge in [-0.15, -0.1) is 12.4 Å². The number of halogens is 2. The highest BCUT2D eigenvalue weighted by atomic mass is 35.5. The second-order valence-corrected chi connectivity index (χ2v) is 6.39. The Morgan fingerprint density at radius 3 is 2.43 bits per heavy atom. The molecule has 3 rings (SSSR count). The van der Waals surface area contributed by atoms with Crippen molar-refractivity contribution >= 4 is 18.3 Å². The number of hydrogen-bond donors (Lipinski definition) is 1. The molecule has 0 bridgehead atoms. The van der Waals surface area contributed by atoms with Crippen molar-refractivity contribution in [2.75, 3.05) is 33.3 Å². The summed E-state index contributed by atoms with van der Waals surface area (Å²) in [7, 11) is 1.49. The zero-order chi connectivity index (χ0) is 15.6. The molecule has 0 radical (unpaired) electrons. The molecule has 2 saturated heterocycles. The molecule has 128 valence electrons. The number of hydrogen-bond acceptors (Lipinski definition) is 3. The van der Waals surface area contributed by atoms with Crippen LogP contribution in [0.3, 0.4) is 0 Å². The van der Waals surface area contributed by atoms with Crippen molar-refractivity contribution in [2.24, 2.45) is 5.41 Å². The van der Waals surface area contributed by atoms with Gasteiger partial charge in [0, 0.05) is 19.2 Å². The minimum atomic E-state index is -0.508. The van der Waals surface area contributed by atoms with Gasteiger partial charge in [-0.2, -0.15) is 0 Å². The first kappa shape index (κ1) is 18.0. The Morgan fingerprint density at radius 2 is 1.87 bits per heavy atom. The molecule has 6 heteroatoms. The SMILES string of the molecule is COc1ccc(C(=O)N2CCC3(CCNCC3)CC2)c(F)c1.Cl.